The van der Waals surface area contributed by atoms with Crippen LogP contribution < -0.4 is 0 Å². The van der Waals surface area contributed by atoms with E-state index >= 15 is 0 Å². The number of ether oxygens (including phenoxy) is 3. The maximum atomic E-state index is 13.4. The molecule has 0 aromatic carbocycles. The molecular weight excluding hydrogens is 645 g/mol. The first-order valence-electron chi connectivity index (χ1n) is 18.7. The molecule has 282 valence electrons. The van der Waals surface area contributed by atoms with Crippen molar-refractivity contribution < 1.29 is 43.2 Å². The highest BCUT2D eigenvalue weighted by molar-refractivity contribution is 5.70. The number of esters is 1. The molecule has 3 fully saturated rings. The molecule has 0 aromatic rings. The Morgan fingerprint density at radius 2 is 1.74 bits per heavy atom. The van der Waals surface area contributed by atoms with Gasteiger partial charge >= 0.3 is 18.2 Å². The molecule has 0 radical (unpaired) electrons. The van der Waals surface area contributed by atoms with Gasteiger partial charge in [-0.3, -0.25) is 9.69 Å². The Hall–Kier alpha value is -2.96. The van der Waals surface area contributed by atoms with E-state index in [1.54, 1.807) is 24.0 Å². The maximum absolute atomic E-state index is 13.4. The molecule has 0 unspecified atom stereocenters. The highest BCUT2D eigenvalue weighted by Gasteiger charge is 2.37. The Morgan fingerprint density at radius 3 is 2.40 bits per heavy atom. The third-order valence-corrected chi connectivity index (χ3v) is 10.6. The third kappa shape index (κ3) is 12.1. The van der Waals surface area contributed by atoms with Crippen LogP contribution in [0.15, 0.2) is 36.0 Å². The van der Waals surface area contributed by atoms with Gasteiger partial charge in [0, 0.05) is 50.6 Å². The summed E-state index contributed by atoms with van der Waals surface area (Å²) >= 11 is 0. The SMILES string of the molecule is C/C(=C\C=C\[C@@H](C)COC(=O)N1CC[C@@H](F)C1)[C@H]1OC(=O)C[C@@H](O)CC[C@](C)(O)[C@@H](OC(=O)N2CCN(C3CCCCCC3)CC2)/C=C/[C@@H]1C. The van der Waals surface area contributed by atoms with E-state index in [4.69, 9.17) is 14.2 Å². The van der Waals surface area contributed by atoms with E-state index in [2.05, 4.69) is 4.90 Å². The van der Waals surface area contributed by atoms with Crippen LogP contribution in [0.1, 0.15) is 91.9 Å². The van der Waals surface area contributed by atoms with Gasteiger partial charge in [0.05, 0.1) is 25.7 Å². The first-order chi connectivity index (χ1) is 23.8. The van der Waals surface area contributed by atoms with Crippen LogP contribution in [-0.4, -0.2) is 125 Å². The van der Waals surface area contributed by atoms with Crippen molar-refractivity contribution in [1.29, 1.82) is 0 Å². The van der Waals surface area contributed by atoms with Crippen molar-refractivity contribution in [3.05, 3.63) is 36.0 Å². The number of aliphatic hydroxyl groups is 2. The highest BCUT2D eigenvalue weighted by Crippen LogP contribution is 2.28. The molecule has 4 rings (SSSR count). The summed E-state index contributed by atoms with van der Waals surface area (Å²) in [7, 11) is 0. The lowest BCUT2D eigenvalue weighted by atomic mass is 9.89. The van der Waals surface area contributed by atoms with Gasteiger partial charge in [0.1, 0.15) is 17.9 Å². The predicted molar refractivity (Wildman–Crippen MR) is 188 cm³/mol. The molecule has 12 heteroatoms. The molecule has 0 aromatic heterocycles. The first-order valence-corrected chi connectivity index (χ1v) is 18.7. The fraction of sp³-hybridized carbons (Fsp3) is 0.763. The summed E-state index contributed by atoms with van der Waals surface area (Å²) in [5.74, 6) is -1.03. The quantitative estimate of drug-likeness (QED) is 0.115. The van der Waals surface area contributed by atoms with E-state index in [-0.39, 0.29) is 44.2 Å². The molecule has 50 heavy (non-hydrogen) atoms. The lowest BCUT2D eigenvalue weighted by Gasteiger charge is -2.40. The zero-order chi connectivity index (χ0) is 36.3. The number of nitrogens with zero attached hydrogens (tertiary/aromatic N) is 3. The molecule has 11 nitrogen and oxygen atoms in total. The van der Waals surface area contributed by atoms with Crippen molar-refractivity contribution in [3.8, 4) is 0 Å². The Balaban J connectivity index is 1.39. The fourth-order valence-electron chi connectivity index (χ4n) is 7.25. The van der Waals surface area contributed by atoms with E-state index in [0.29, 0.717) is 32.1 Å². The highest BCUT2D eigenvalue weighted by atomic mass is 19.1. The van der Waals surface area contributed by atoms with Crippen LogP contribution in [0.4, 0.5) is 14.0 Å². The van der Waals surface area contributed by atoms with Crippen molar-refractivity contribution in [2.45, 2.75) is 128 Å². The Labute approximate surface area is 297 Å². The number of hydrogen-bond acceptors (Lipinski definition) is 9. The Morgan fingerprint density at radius 1 is 1.04 bits per heavy atom. The maximum Gasteiger partial charge on any atom is 0.410 e. The van der Waals surface area contributed by atoms with Crippen molar-refractivity contribution in [2.75, 3.05) is 45.9 Å². The number of carbonyl (C=O) groups excluding carboxylic acids is 3. The van der Waals surface area contributed by atoms with Crippen molar-refractivity contribution >= 4 is 18.2 Å². The third-order valence-electron chi connectivity index (χ3n) is 10.6. The smallest absolute Gasteiger partial charge is 0.410 e. The summed E-state index contributed by atoms with van der Waals surface area (Å²) in [5, 5.41) is 22.2. The second-order valence-corrected chi connectivity index (χ2v) is 15.1. The van der Waals surface area contributed by atoms with Gasteiger partial charge in [0.25, 0.3) is 0 Å². The number of cyclic esters (lactones) is 1. The molecule has 4 aliphatic rings. The monoisotopic (exact) mass is 705 g/mol. The number of alkyl halides is 1. The van der Waals surface area contributed by atoms with Gasteiger partial charge < -0.3 is 34.2 Å². The van der Waals surface area contributed by atoms with E-state index < -0.39 is 48.2 Å². The van der Waals surface area contributed by atoms with Gasteiger partial charge in [0.2, 0.25) is 0 Å². The minimum atomic E-state index is -1.48. The van der Waals surface area contributed by atoms with Crippen LogP contribution >= 0.6 is 0 Å². The van der Waals surface area contributed by atoms with Gasteiger partial charge in [-0.2, -0.15) is 0 Å². The summed E-state index contributed by atoms with van der Waals surface area (Å²) in [6, 6.07) is 0.578. The molecule has 7 atom stereocenters. The van der Waals surface area contributed by atoms with Crippen molar-refractivity contribution in [2.24, 2.45) is 11.8 Å². The van der Waals surface area contributed by atoms with Gasteiger partial charge in [-0.1, -0.05) is 63.8 Å². The van der Waals surface area contributed by atoms with Crippen LogP contribution in [0.3, 0.4) is 0 Å². The number of hydrogen-bond donors (Lipinski definition) is 2. The predicted octanol–water partition coefficient (Wildman–Crippen LogP) is 5.55. The molecule has 3 heterocycles. The Kier molecular flexibility index (Phi) is 15.2. The van der Waals surface area contributed by atoms with Crippen LogP contribution in [0.2, 0.25) is 0 Å². The normalized spacial score (nSPS) is 32.8. The van der Waals surface area contributed by atoms with E-state index in [1.807, 2.05) is 39.0 Å². The number of carbonyl (C=O) groups is 3. The standard InChI is InChI=1S/C38H60FN3O8/c1-27(26-48-36(45)42-19-17-30(39)25-42)10-9-11-28(2)35-29(3)14-15-33(38(4,47)18-16-32(43)24-34(44)50-35)49-37(46)41-22-20-40(21-23-41)31-12-7-5-6-8-13-31/h9-11,14-15,27,29-33,35,43,47H,5-8,12-13,16-26H2,1-4H3/b10-9+,15-14+,28-11+/t27-,29+,30-,32+,33+,35-,38+/m1/s1. The first kappa shape index (κ1) is 39.8. The summed E-state index contributed by atoms with van der Waals surface area (Å²) in [5.41, 5.74) is -0.746. The molecule has 0 spiro atoms. The van der Waals surface area contributed by atoms with E-state index in [0.717, 1.165) is 18.7 Å². The average Bonchev–Trinajstić information content (AvgIpc) is 3.34. The summed E-state index contributed by atoms with van der Waals surface area (Å²) in [6.07, 6.45) is 12.1. The molecule has 0 bridgehead atoms. The van der Waals surface area contributed by atoms with E-state index in [9.17, 15) is 29.0 Å². The Bertz CT molecular complexity index is 1210. The van der Waals surface area contributed by atoms with Crippen LogP contribution in [0.25, 0.3) is 0 Å². The number of halogens is 1. The molecule has 3 aliphatic heterocycles. The number of allylic oxidation sites excluding steroid dienone is 2. The molecule has 2 N–H and O–H groups in total. The van der Waals surface area contributed by atoms with Crippen molar-refractivity contribution in [1.82, 2.24) is 14.7 Å². The van der Waals surface area contributed by atoms with Gasteiger partial charge in [-0.15, -0.1) is 0 Å². The largest absolute Gasteiger partial charge is 0.457 e. The lowest BCUT2D eigenvalue weighted by molar-refractivity contribution is -0.151. The summed E-state index contributed by atoms with van der Waals surface area (Å²) in [4.78, 5) is 44.1. The minimum Gasteiger partial charge on any atom is -0.457 e. The molecule has 2 saturated heterocycles. The lowest BCUT2D eigenvalue weighted by Crippen LogP contribution is -2.53. The van der Waals surface area contributed by atoms with Crippen LogP contribution in [0, 0.1) is 11.8 Å². The second kappa shape index (κ2) is 19.0. The average molecular weight is 706 g/mol. The molecular formula is C38H60FN3O8. The second-order valence-electron chi connectivity index (χ2n) is 15.1. The van der Waals surface area contributed by atoms with Crippen molar-refractivity contribution in [3.63, 3.8) is 0 Å². The zero-order valence-corrected chi connectivity index (χ0v) is 30.5. The number of amides is 2. The van der Waals surface area contributed by atoms with Crippen LogP contribution in [0.5, 0.6) is 0 Å². The van der Waals surface area contributed by atoms with E-state index in [1.165, 1.54) is 43.4 Å². The van der Waals surface area contributed by atoms with Crippen LogP contribution in [-0.2, 0) is 19.0 Å². The molecule has 2 amide bonds. The summed E-state index contributed by atoms with van der Waals surface area (Å²) in [6.45, 7) is 10.5. The molecule has 1 saturated carbocycles. The topological polar surface area (TPSA) is 129 Å². The summed E-state index contributed by atoms with van der Waals surface area (Å²) < 4.78 is 30.6. The number of likely N-dealkylation sites (tertiary alicyclic amines) is 1. The van der Waals surface area contributed by atoms with Gasteiger partial charge in [0.15, 0.2) is 6.10 Å². The number of rotatable bonds is 7. The van der Waals surface area contributed by atoms with Gasteiger partial charge in [-0.05, 0) is 57.6 Å². The number of piperazine rings is 1. The molecule has 1 aliphatic carbocycles. The number of aliphatic hydroxyl groups excluding tert-OH is 1. The zero-order valence-electron chi connectivity index (χ0n) is 30.5. The fourth-order valence-corrected chi connectivity index (χ4v) is 7.25. The van der Waals surface area contributed by atoms with Gasteiger partial charge in [-0.25, -0.2) is 14.0 Å². The minimum absolute atomic E-state index is 0.0626.